The van der Waals surface area contributed by atoms with E-state index in [0.29, 0.717) is 26.2 Å². The van der Waals surface area contributed by atoms with Crippen molar-refractivity contribution in [3.63, 3.8) is 0 Å². The van der Waals surface area contributed by atoms with Gasteiger partial charge in [-0.25, -0.2) is 14.8 Å². The number of hydrogen-bond donors (Lipinski definition) is 2. The molecule has 2 aliphatic carbocycles. The van der Waals surface area contributed by atoms with Gasteiger partial charge in [0.25, 0.3) is 0 Å². The standard InChI is InChI=1S/C25H30N6O2S/c1-2-27-24(32)28-19-5-3-18(4-6-19)23-29-21(17-22(30-23)31-13-15-33-16-14-31)25(9-10-25)34-20-7-11-26-12-8-20/h3-5,7-8,11-12,17,19H,2,6,9-10,13-16H2,1H3,(H2,27,28,32). The molecule has 3 heterocycles. The highest BCUT2D eigenvalue weighted by molar-refractivity contribution is 8.00. The van der Waals surface area contributed by atoms with Crippen molar-refractivity contribution in [3.8, 4) is 0 Å². The van der Waals surface area contributed by atoms with Crippen LogP contribution in [0.3, 0.4) is 0 Å². The molecule has 2 aromatic heterocycles. The summed E-state index contributed by atoms with van der Waals surface area (Å²) < 4.78 is 5.53. The Balaban J connectivity index is 1.42. The fourth-order valence-corrected chi connectivity index (χ4v) is 5.40. The Morgan fingerprint density at radius 3 is 2.71 bits per heavy atom. The highest BCUT2D eigenvalue weighted by Gasteiger charge is 2.47. The zero-order chi connectivity index (χ0) is 23.4. The predicted molar refractivity (Wildman–Crippen MR) is 134 cm³/mol. The molecule has 1 saturated heterocycles. The van der Waals surface area contributed by atoms with E-state index in [2.05, 4.69) is 44.8 Å². The van der Waals surface area contributed by atoms with Crippen molar-refractivity contribution in [2.45, 2.75) is 41.9 Å². The van der Waals surface area contributed by atoms with Crippen LogP contribution in [-0.2, 0) is 9.48 Å². The number of thioether (sulfide) groups is 1. The monoisotopic (exact) mass is 478 g/mol. The Morgan fingerprint density at radius 2 is 2.03 bits per heavy atom. The summed E-state index contributed by atoms with van der Waals surface area (Å²) in [5.41, 5.74) is 2.08. The highest BCUT2D eigenvalue weighted by atomic mass is 32.2. The number of morpholine rings is 1. The number of nitrogens with zero attached hydrogens (tertiary/aromatic N) is 4. The number of aromatic nitrogens is 3. The van der Waals surface area contributed by atoms with E-state index in [1.54, 1.807) is 0 Å². The maximum absolute atomic E-state index is 11.9. The molecule has 0 bridgehead atoms. The van der Waals surface area contributed by atoms with Crippen LogP contribution in [0.4, 0.5) is 10.6 Å². The van der Waals surface area contributed by atoms with Crippen molar-refractivity contribution in [3.05, 3.63) is 60.3 Å². The molecule has 0 aromatic carbocycles. The van der Waals surface area contributed by atoms with Gasteiger partial charge < -0.3 is 20.3 Å². The van der Waals surface area contributed by atoms with Crippen molar-refractivity contribution < 1.29 is 9.53 Å². The number of allylic oxidation sites excluding steroid dienone is 2. The third-order valence-corrected chi connectivity index (χ3v) is 7.71. The molecule has 1 unspecified atom stereocenters. The number of rotatable bonds is 7. The van der Waals surface area contributed by atoms with E-state index in [1.165, 1.54) is 4.90 Å². The number of anilines is 1. The quantitative estimate of drug-likeness (QED) is 0.629. The zero-order valence-electron chi connectivity index (χ0n) is 19.4. The Hall–Kier alpha value is -2.91. The minimum atomic E-state index is -0.148. The van der Waals surface area contributed by atoms with Crippen molar-refractivity contribution in [2.75, 3.05) is 37.7 Å². The number of carbonyl (C=O) groups excluding carboxylic acids is 1. The molecule has 2 N–H and O–H groups in total. The SMILES string of the molecule is CCNC(=O)NC1C=CC(c2nc(N3CCOCC3)cc(C3(Sc4ccncc4)CC3)n2)=CC1. The Morgan fingerprint density at radius 1 is 1.24 bits per heavy atom. The molecule has 178 valence electrons. The van der Waals surface area contributed by atoms with Crippen molar-refractivity contribution in [2.24, 2.45) is 0 Å². The summed E-state index contributed by atoms with van der Waals surface area (Å²) in [5.74, 6) is 1.70. The molecule has 2 amide bonds. The number of ether oxygens (including phenoxy) is 1. The van der Waals surface area contributed by atoms with Gasteiger partial charge in [0, 0.05) is 48.6 Å². The van der Waals surface area contributed by atoms with Crippen molar-refractivity contribution in [1.29, 1.82) is 0 Å². The lowest BCUT2D eigenvalue weighted by molar-refractivity contribution is 0.122. The largest absolute Gasteiger partial charge is 0.378 e. The van der Waals surface area contributed by atoms with E-state index in [-0.39, 0.29) is 16.8 Å². The Kier molecular flexibility index (Phi) is 6.82. The predicted octanol–water partition coefficient (Wildman–Crippen LogP) is 3.52. The Bertz CT molecular complexity index is 1080. The van der Waals surface area contributed by atoms with Gasteiger partial charge in [0.2, 0.25) is 0 Å². The molecule has 0 spiro atoms. The van der Waals surface area contributed by atoms with Crippen LogP contribution >= 0.6 is 11.8 Å². The van der Waals surface area contributed by atoms with Gasteiger partial charge in [0.05, 0.1) is 29.7 Å². The number of carbonyl (C=O) groups is 1. The van der Waals surface area contributed by atoms with Crippen LogP contribution in [0.15, 0.2) is 53.7 Å². The summed E-state index contributed by atoms with van der Waals surface area (Å²) in [4.78, 5) is 29.6. The van der Waals surface area contributed by atoms with E-state index >= 15 is 0 Å². The smallest absolute Gasteiger partial charge is 0.315 e. The number of pyridine rings is 1. The topological polar surface area (TPSA) is 92.3 Å². The average Bonchev–Trinajstić information content (AvgIpc) is 3.66. The molecule has 1 aliphatic heterocycles. The van der Waals surface area contributed by atoms with Gasteiger partial charge >= 0.3 is 6.03 Å². The molecule has 5 rings (SSSR count). The second kappa shape index (κ2) is 10.1. The third kappa shape index (κ3) is 5.26. The summed E-state index contributed by atoms with van der Waals surface area (Å²) in [5, 5.41) is 5.75. The van der Waals surface area contributed by atoms with Gasteiger partial charge in [0.15, 0.2) is 5.82 Å². The summed E-state index contributed by atoms with van der Waals surface area (Å²) in [6.07, 6.45) is 12.7. The van der Waals surface area contributed by atoms with Gasteiger partial charge in [-0.05, 0) is 38.3 Å². The maximum Gasteiger partial charge on any atom is 0.315 e. The van der Waals surface area contributed by atoms with Crippen LogP contribution in [-0.4, -0.2) is 59.9 Å². The highest BCUT2D eigenvalue weighted by Crippen LogP contribution is 2.59. The van der Waals surface area contributed by atoms with Crippen LogP contribution in [0.25, 0.3) is 5.57 Å². The fraction of sp³-hybridized carbons (Fsp3) is 0.440. The van der Waals surface area contributed by atoms with Crippen LogP contribution in [0.2, 0.25) is 0 Å². The van der Waals surface area contributed by atoms with E-state index in [9.17, 15) is 4.79 Å². The minimum Gasteiger partial charge on any atom is -0.378 e. The second-order valence-corrected chi connectivity index (χ2v) is 10.1. The third-order valence-electron chi connectivity index (χ3n) is 6.19. The first-order chi connectivity index (χ1) is 16.6. The Labute approximate surface area is 204 Å². The second-order valence-electron chi connectivity index (χ2n) is 8.68. The van der Waals surface area contributed by atoms with Crippen molar-refractivity contribution in [1.82, 2.24) is 25.6 Å². The van der Waals surface area contributed by atoms with Crippen LogP contribution in [0.1, 0.15) is 37.7 Å². The molecule has 2 fully saturated rings. The minimum absolute atomic E-state index is 0.0264. The molecule has 2 aromatic rings. The lowest BCUT2D eigenvalue weighted by Gasteiger charge is -2.29. The molecule has 3 aliphatic rings. The van der Waals surface area contributed by atoms with Gasteiger partial charge in [-0.1, -0.05) is 18.2 Å². The lowest BCUT2D eigenvalue weighted by atomic mass is 10.0. The normalized spacial score (nSPS) is 21.0. The lowest BCUT2D eigenvalue weighted by Crippen LogP contribution is -2.41. The molecular weight excluding hydrogens is 448 g/mol. The fourth-order valence-electron chi connectivity index (χ4n) is 4.18. The molecule has 1 atom stereocenters. The van der Waals surface area contributed by atoms with E-state index < -0.39 is 0 Å². The van der Waals surface area contributed by atoms with Gasteiger partial charge in [-0.15, -0.1) is 11.8 Å². The van der Waals surface area contributed by atoms with Gasteiger partial charge in [0.1, 0.15) is 5.82 Å². The van der Waals surface area contributed by atoms with Crippen LogP contribution < -0.4 is 15.5 Å². The average molecular weight is 479 g/mol. The first-order valence-corrected chi connectivity index (χ1v) is 12.7. The van der Waals surface area contributed by atoms with E-state index in [4.69, 9.17) is 14.7 Å². The number of nitrogens with one attached hydrogen (secondary N) is 2. The molecular formula is C25H30N6O2S. The summed E-state index contributed by atoms with van der Waals surface area (Å²) in [6.45, 7) is 5.59. The van der Waals surface area contributed by atoms with Gasteiger partial charge in [-0.2, -0.15) is 0 Å². The molecule has 34 heavy (non-hydrogen) atoms. The molecule has 8 nitrogen and oxygen atoms in total. The first-order valence-electron chi connectivity index (χ1n) is 11.9. The zero-order valence-corrected chi connectivity index (χ0v) is 20.2. The van der Waals surface area contributed by atoms with Crippen molar-refractivity contribution >= 4 is 29.2 Å². The van der Waals surface area contributed by atoms with E-state index in [1.807, 2.05) is 43.2 Å². The maximum atomic E-state index is 11.9. The molecule has 1 saturated carbocycles. The van der Waals surface area contributed by atoms with E-state index in [0.717, 1.165) is 48.8 Å². The molecule has 0 radical (unpaired) electrons. The van der Waals surface area contributed by atoms with Crippen LogP contribution in [0, 0.1) is 0 Å². The van der Waals surface area contributed by atoms with Gasteiger partial charge in [-0.3, -0.25) is 4.98 Å². The summed E-state index contributed by atoms with van der Waals surface area (Å²) >= 11 is 1.87. The number of amides is 2. The first kappa shape index (κ1) is 22.9. The van der Waals surface area contributed by atoms with Crippen LogP contribution in [0.5, 0.6) is 0 Å². The summed E-state index contributed by atoms with van der Waals surface area (Å²) in [6, 6.07) is 6.11. The molecule has 9 heteroatoms. The number of hydrogen-bond acceptors (Lipinski definition) is 7. The number of urea groups is 1. The summed E-state index contributed by atoms with van der Waals surface area (Å²) in [7, 11) is 0.